The Kier molecular flexibility index (Phi) is 5.39. The van der Waals surface area contributed by atoms with Gasteiger partial charge in [-0.3, -0.25) is 0 Å². The molecule has 2 bridgehead atoms. The first-order valence-corrected chi connectivity index (χ1v) is 8.78. The lowest BCUT2D eigenvalue weighted by Crippen LogP contribution is -2.43. The van der Waals surface area contributed by atoms with Gasteiger partial charge in [-0.25, -0.2) is 4.79 Å². The molecule has 3 aliphatic carbocycles. The van der Waals surface area contributed by atoms with Crippen molar-refractivity contribution >= 4 is 5.97 Å². The van der Waals surface area contributed by atoms with Gasteiger partial charge >= 0.3 is 5.97 Å². The molecule has 0 amide bonds. The Balaban J connectivity index is 1.66. The van der Waals surface area contributed by atoms with Crippen LogP contribution in [-0.2, 0) is 23.7 Å². The molecular formula is C18H28O5. The molecule has 0 radical (unpaired) electrons. The lowest BCUT2D eigenvalue weighted by atomic mass is 9.60. The van der Waals surface area contributed by atoms with Gasteiger partial charge in [-0.05, 0) is 56.4 Å². The Morgan fingerprint density at radius 1 is 1.22 bits per heavy atom. The molecule has 0 spiro atoms. The van der Waals surface area contributed by atoms with Crippen molar-refractivity contribution in [2.75, 3.05) is 33.7 Å². The van der Waals surface area contributed by atoms with E-state index >= 15 is 0 Å². The third kappa shape index (κ3) is 3.06. The monoisotopic (exact) mass is 324 g/mol. The van der Waals surface area contributed by atoms with Crippen molar-refractivity contribution in [3.8, 4) is 0 Å². The van der Waals surface area contributed by atoms with Crippen molar-refractivity contribution in [3.05, 3.63) is 11.1 Å². The highest BCUT2D eigenvalue weighted by Crippen LogP contribution is 2.64. The number of rotatable bonds is 9. The second kappa shape index (κ2) is 7.32. The SMILES string of the molecule is CCOC(=O)C1=C([C@H](C)OCOCCOC)[C@@H]2[C@H]3CC[C@H](C3)[C@H]12. The third-order valence-electron chi connectivity index (χ3n) is 5.69. The Morgan fingerprint density at radius 3 is 2.65 bits per heavy atom. The summed E-state index contributed by atoms with van der Waals surface area (Å²) in [7, 11) is 1.65. The maximum atomic E-state index is 12.4. The van der Waals surface area contributed by atoms with Gasteiger partial charge in [-0.2, -0.15) is 0 Å². The van der Waals surface area contributed by atoms with Crippen LogP contribution in [0.15, 0.2) is 11.1 Å². The van der Waals surface area contributed by atoms with Gasteiger partial charge in [0.25, 0.3) is 0 Å². The van der Waals surface area contributed by atoms with Crippen LogP contribution in [0.4, 0.5) is 0 Å². The zero-order chi connectivity index (χ0) is 16.4. The minimum atomic E-state index is -0.132. The zero-order valence-electron chi connectivity index (χ0n) is 14.4. The van der Waals surface area contributed by atoms with Gasteiger partial charge in [0.1, 0.15) is 6.79 Å². The molecule has 0 unspecified atom stereocenters. The van der Waals surface area contributed by atoms with E-state index in [1.165, 1.54) is 24.8 Å². The Labute approximate surface area is 138 Å². The van der Waals surface area contributed by atoms with Crippen LogP contribution in [0, 0.1) is 23.7 Å². The van der Waals surface area contributed by atoms with Crippen molar-refractivity contribution in [3.63, 3.8) is 0 Å². The average Bonchev–Trinajstić information content (AvgIpc) is 3.05. The topological polar surface area (TPSA) is 54.0 Å². The van der Waals surface area contributed by atoms with E-state index in [1.807, 2.05) is 13.8 Å². The van der Waals surface area contributed by atoms with Crippen molar-refractivity contribution in [1.29, 1.82) is 0 Å². The predicted octanol–water partition coefficient (Wildman–Crippen LogP) is 2.55. The standard InChI is InChI=1S/C18H28O5/c1-4-22-18(19)17-14(11(2)23-10-21-8-7-20-3)15-12-5-6-13(9-12)16(15)17/h11-13,15-16H,4-10H2,1-3H3/t11-,12-,13+,15-,16-/m0/s1. The summed E-state index contributed by atoms with van der Waals surface area (Å²) in [4.78, 5) is 12.4. The molecule has 0 aliphatic heterocycles. The minimum Gasteiger partial charge on any atom is -0.463 e. The number of carbonyl (C=O) groups is 1. The second-order valence-electron chi connectivity index (χ2n) is 6.80. The molecule has 23 heavy (non-hydrogen) atoms. The van der Waals surface area contributed by atoms with E-state index in [1.54, 1.807) is 7.11 Å². The number of esters is 1. The summed E-state index contributed by atoms with van der Waals surface area (Å²) in [6.45, 7) is 5.62. The lowest BCUT2D eigenvalue weighted by molar-refractivity contribution is -0.141. The fraction of sp³-hybridized carbons (Fsp3) is 0.833. The number of methoxy groups -OCH3 is 1. The van der Waals surface area contributed by atoms with Crippen LogP contribution in [0.2, 0.25) is 0 Å². The van der Waals surface area contributed by atoms with Gasteiger partial charge in [0.05, 0.1) is 25.9 Å². The molecule has 0 aromatic carbocycles. The summed E-state index contributed by atoms with van der Waals surface area (Å²) in [5.41, 5.74) is 2.09. The minimum absolute atomic E-state index is 0.0856. The first-order valence-electron chi connectivity index (χ1n) is 8.78. The number of ether oxygens (including phenoxy) is 4. The van der Waals surface area contributed by atoms with Gasteiger partial charge in [0.15, 0.2) is 0 Å². The molecule has 5 atom stereocenters. The average molecular weight is 324 g/mol. The van der Waals surface area contributed by atoms with Gasteiger partial charge in [-0.15, -0.1) is 0 Å². The van der Waals surface area contributed by atoms with Crippen LogP contribution in [0.3, 0.4) is 0 Å². The van der Waals surface area contributed by atoms with Crippen molar-refractivity contribution < 1.29 is 23.7 Å². The molecule has 0 aromatic heterocycles. The number of hydrogen-bond donors (Lipinski definition) is 0. The molecule has 0 N–H and O–H groups in total. The molecular weight excluding hydrogens is 296 g/mol. The summed E-state index contributed by atoms with van der Waals surface area (Å²) < 4.78 is 21.5. The van der Waals surface area contributed by atoms with E-state index in [2.05, 4.69) is 0 Å². The quantitative estimate of drug-likeness (QED) is 0.371. The van der Waals surface area contributed by atoms with Crippen molar-refractivity contribution in [2.24, 2.45) is 23.7 Å². The summed E-state index contributed by atoms with van der Waals surface area (Å²) in [6.07, 6.45) is 3.73. The van der Waals surface area contributed by atoms with Crippen LogP contribution >= 0.6 is 0 Å². The molecule has 0 aromatic rings. The van der Waals surface area contributed by atoms with E-state index in [-0.39, 0.29) is 18.9 Å². The second-order valence-corrected chi connectivity index (χ2v) is 6.80. The fourth-order valence-corrected chi connectivity index (χ4v) is 4.82. The Hall–Kier alpha value is -0.910. The molecule has 2 fully saturated rings. The molecule has 2 saturated carbocycles. The molecule has 5 heteroatoms. The molecule has 3 rings (SSSR count). The largest absolute Gasteiger partial charge is 0.463 e. The van der Waals surface area contributed by atoms with E-state index in [4.69, 9.17) is 18.9 Å². The van der Waals surface area contributed by atoms with Crippen molar-refractivity contribution in [1.82, 2.24) is 0 Å². The van der Waals surface area contributed by atoms with E-state index < -0.39 is 0 Å². The first kappa shape index (κ1) is 16.9. The number of hydrogen-bond acceptors (Lipinski definition) is 5. The molecule has 0 heterocycles. The van der Waals surface area contributed by atoms with Crippen LogP contribution in [0.5, 0.6) is 0 Å². The highest BCUT2D eigenvalue weighted by atomic mass is 16.7. The smallest absolute Gasteiger partial charge is 0.334 e. The summed E-state index contributed by atoms with van der Waals surface area (Å²) in [5, 5.41) is 0. The number of fused-ring (bicyclic) bond motifs is 5. The van der Waals surface area contributed by atoms with E-state index in [0.717, 1.165) is 11.5 Å². The summed E-state index contributed by atoms with van der Waals surface area (Å²) in [6, 6.07) is 0. The Morgan fingerprint density at radius 2 is 1.96 bits per heavy atom. The maximum Gasteiger partial charge on any atom is 0.334 e. The Bertz CT molecular complexity index is 472. The normalized spacial score (nSPS) is 32.7. The highest BCUT2D eigenvalue weighted by Gasteiger charge is 2.59. The molecule has 0 saturated heterocycles. The first-order chi connectivity index (χ1) is 11.2. The highest BCUT2D eigenvalue weighted by molar-refractivity contribution is 5.93. The van der Waals surface area contributed by atoms with E-state index in [9.17, 15) is 4.79 Å². The van der Waals surface area contributed by atoms with Crippen LogP contribution in [-0.4, -0.2) is 45.8 Å². The van der Waals surface area contributed by atoms with Gasteiger partial charge in [0.2, 0.25) is 0 Å². The summed E-state index contributed by atoms with van der Waals surface area (Å²) >= 11 is 0. The summed E-state index contributed by atoms with van der Waals surface area (Å²) in [5.74, 6) is 2.23. The van der Waals surface area contributed by atoms with Crippen LogP contribution < -0.4 is 0 Å². The molecule has 5 nitrogen and oxygen atoms in total. The molecule has 130 valence electrons. The fourth-order valence-electron chi connectivity index (χ4n) is 4.82. The predicted molar refractivity (Wildman–Crippen MR) is 84.7 cm³/mol. The maximum absolute atomic E-state index is 12.4. The zero-order valence-corrected chi connectivity index (χ0v) is 14.4. The van der Waals surface area contributed by atoms with Gasteiger partial charge in [0, 0.05) is 18.6 Å². The third-order valence-corrected chi connectivity index (χ3v) is 5.69. The van der Waals surface area contributed by atoms with Crippen molar-refractivity contribution in [2.45, 2.75) is 39.2 Å². The van der Waals surface area contributed by atoms with Gasteiger partial charge < -0.3 is 18.9 Å². The van der Waals surface area contributed by atoms with Crippen LogP contribution in [0.1, 0.15) is 33.1 Å². The van der Waals surface area contributed by atoms with Gasteiger partial charge in [-0.1, -0.05) is 0 Å². The number of carbonyl (C=O) groups excluding carboxylic acids is 1. The lowest BCUT2D eigenvalue weighted by Gasteiger charge is -2.45. The van der Waals surface area contributed by atoms with E-state index in [0.29, 0.717) is 37.6 Å². The van der Waals surface area contributed by atoms with Crippen LogP contribution in [0.25, 0.3) is 0 Å². The molecule has 3 aliphatic rings.